The van der Waals surface area contributed by atoms with Gasteiger partial charge in [0.05, 0.1) is 25.9 Å². The van der Waals surface area contributed by atoms with E-state index < -0.39 is 0 Å². The van der Waals surface area contributed by atoms with E-state index in [1.165, 1.54) is 13.2 Å². The van der Waals surface area contributed by atoms with E-state index >= 15 is 0 Å². The second kappa shape index (κ2) is 10.9. The Morgan fingerprint density at radius 2 is 1.22 bits per heavy atom. The molecular weight excluding hydrogens is 408 g/mol. The van der Waals surface area contributed by atoms with Gasteiger partial charge in [0.25, 0.3) is 11.8 Å². The van der Waals surface area contributed by atoms with Crippen LogP contribution in [-0.4, -0.2) is 32.1 Å². The molecule has 3 rings (SSSR count). The first-order valence-corrected chi connectivity index (χ1v) is 10.3. The van der Waals surface area contributed by atoms with Crippen molar-refractivity contribution in [3.05, 3.63) is 77.9 Å². The van der Waals surface area contributed by atoms with Crippen LogP contribution >= 0.6 is 0 Å². The highest BCUT2D eigenvalue weighted by Crippen LogP contribution is 2.24. The van der Waals surface area contributed by atoms with Crippen LogP contribution in [0.3, 0.4) is 0 Å². The summed E-state index contributed by atoms with van der Waals surface area (Å²) in [6.07, 6.45) is 0. The highest BCUT2D eigenvalue weighted by molar-refractivity contribution is 6.10. The first kappa shape index (κ1) is 22.7. The van der Waals surface area contributed by atoms with Crippen molar-refractivity contribution in [2.45, 2.75) is 13.8 Å². The summed E-state index contributed by atoms with van der Waals surface area (Å²) < 4.78 is 16.1. The van der Waals surface area contributed by atoms with E-state index in [0.29, 0.717) is 35.9 Å². The van der Waals surface area contributed by atoms with E-state index in [-0.39, 0.29) is 17.4 Å². The minimum Gasteiger partial charge on any atom is -0.496 e. The Bertz CT molecular complexity index is 1060. The van der Waals surface area contributed by atoms with Gasteiger partial charge in [0, 0.05) is 16.9 Å². The van der Waals surface area contributed by atoms with Crippen LogP contribution in [-0.2, 0) is 0 Å². The lowest BCUT2D eigenvalue weighted by atomic mass is 10.1. The number of amides is 2. The predicted molar refractivity (Wildman–Crippen MR) is 124 cm³/mol. The van der Waals surface area contributed by atoms with Crippen molar-refractivity contribution in [2.75, 3.05) is 31.0 Å². The number of rotatable bonds is 9. The Balaban J connectivity index is 1.75. The maximum absolute atomic E-state index is 12.9. The van der Waals surface area contributed by atoms with E-state index in [0.717, 1.165) is 11.5 Å². The number of nitrogens with one attached hydrogen (secondary N) is 2. The van der Waals surface area contributed by atoms with E-state index in [1.807, 2.05) is 13.8 Å². The van der Waals surface area contributed by atoms with Crippen molar-refractivity contribution in [1.82, 2.24) is 0 Å². The Morgan fingerprint density at radius 1 is 0.719 bits per heavy atom. The summed E-state index contributed by atoms with van der Waals surface area (Å²) in [4.78, 5) is 25.6. The largest absolute Gasteiger partial charge is 0.496 e. The summed E-state index contributed by atoms with van der Waals surface area (Å²) in [5.74, 6) is 1.08. The third-order valence-electron chi connectivity index (χ3n) is 4.55. The van der Waals surface area contributed by atoms with Crippen molar-refractivity contribution in [3.8, 4) is 17.2 Å². The molecule has 166 valence electrons. The number of anilines is 2. The number of hydrogen-bond acceptors (Lipinski definition) is 5. The van der Waals surface area contributed by atoms with Gasteiger partial charge in [0.2, 0.25) is 0 Å². The lowest BCUT2D eigenvalue weighted by Gasteiger charge is -2.12. The van der Waals surface area contributed by atoms with Crippen molar-refractivity contribution >= 4 is 23.2 Å². The van der Waals surface area contributed by atoms with Crippen LogP contribution in [0.4, 0.5) is 11.4 Å². The van der Waals surface area contributed by atoms with Crippen molar-refractivity contribution in [1.29, 1.82) is 0 Å². The van der Waals surface area contributed by atoms with Crippen molar-refractivity contribution < 1.29 is 23.8 Å². The number of benzene rings is 3. The topological polar surface area (TPSA) is 85.9 Å². The van der Waals surface area contributed by atoms with Gasteiger partial charge in [0.15, 0.2) is 0 Å². The predicted octanol–water partition coefficient (Wildman–Crippen LogP) is 5.00. The second-order valence-electron chi connectivity index (χ2n) is 6.74. The van der Waals surface area contributed by atoms with Crippen LogP contribution in [0.25, 0.3) is 0 Å². The molecule has 2 amide bonds. The summed E-state index contributed by atoms with van der Waals surface area (Å²) in [6, 6.07) is 18.8. The molecule has 0 saturated heterocycles. The van der Waals surface area contributed by atoms with Gasteiger partial charge in [-0.05, 0) is 80.6 Å². The minimum absolute atomic E-state index is 0.251. The van der Waals surface area contributed by atoms with Gasteiger partial charge in [-0.25, -0.2) is 0 Å². The summed E-state index contributed by atoms with van der Waals surface area (Å²) in [5, 5.41) is 5.63. The zero-order valence-electron chi connectivity index (χ0n) is 18.3. The fourth-order valence-corrected chi connectivity index (χ4v) is 3.03. The maximum atomic E-state index is 12.9. The number of methoxy groups -OCH3 is 1. The summed E-state index contributed by atoms with van der Waals surface area (Å²) in [5.41, 5.74) is 1.80. The molecule has 7 nitrogen and oxygen atoms in total. The van der Waals surface area contributed by atoms with Gasteiger partial charge in [-0.1, -0.05) is 0 Å². The van der Waals surface area contributed by atoms with Crippen LogP contribution in [0, 0.1) is 0 Å². The number of hydrogen-bond donors (Lipinski definition) is 2. The average molecular weight is 434 g/mol. The second-order valence-corrected chi connectivity index (χ2v) is 6.74. The van der Waals surface area contributed by atoms with Gasteiger partial charge in [-0.2, -0.15) is 0 Å². The van der Waals surface area contributed by atoms with Gasteiger partial charge in [0.1, 0.15) is 17.2 Å². The molecule has 0 spiro atoms. The highest BCUT2D eigenvalue weighted by Gasteiger charge is 2.17. The molecule has 0 aliphatic rings. The molecule has 0 saturated carbocycles. The van der Waals surface area contributed by atoms with E-state index in [9.17, 15) is 9.59 Å². The monoisotopic (exact) mass is 434 g/mol. The lowest BCUT2D eigenvalue weighted by molar-refractivity contribution is 0.102. The van der Waals surface area contributed by atoms with E-state index in [4.69, 9.17) is 14.2 Å². The zero-order chi connectivity index (χ0) is 22.9. The van der Waals surface area contributed by atoms with Crippen LogP contribution in [0.2, 0.25) is 0 Å². The number of carbonyl (C=O) groups excluding carboxylic acids is 2. The van der Waals surface area contributed by atoms with Crippen LogP contribution in [0.1, 0.15) is 34.6 Å². The summed E-state index contributed by atoms with van der Waals surface area (Å²) in [7, 11) is 1.47. The standard InChI is InChI=1S/C25H26N2O5/c1-4-31-20-11-7-18(8-12-20)26-24(28)17-6-15-23(30-3)22(16-17)25(29)27-19-9-13-21(14-10-19)32-5-2/h6-16H,4-5H2,1-3H3,(H,26,28)(H,27,29). The third-order valence-corrected chi connectivity index (χ3v) is 4.55. The quantitative estimate of drug-likeness (QED) is 0.495. The van der Waals surface area contributed by atoms with Crippen molar-refractivity contribution in [2.24, 2.45) is 0 Å². The molecule has 3 aromatic rings. The van der Waals surface area contributed by atoms with Gasteiger partial charge in [-0.3, -0.25) is 9.59 Å². The lowest BCUT2D eigenvalue weighted by Crippen LogP contribution is -2.16. The molecule has 0 unspecified atom stereocenters. The van der Waals surface area contributed by atoms with Gasteiger partial charge < -0.3 is 24.8 Å². The molecule has 0 fully saturated rings. The fraction of sp³-hybridized carbons (Fsp3) is 0.200. The number of carbonyl (C=O) groups is 2. The average Bonchev–Trinajstić information content (AvgIpc) is 2.81. The third kappa shape index (κ3) is 5.78. The SMILES string of the molecule is CCOc1ccc(NC(=O)c2ccc(OC)c(C(=O)Nc3ccc(OCC)cc3)c2)cc1. The highest BCUT2D eigenvalue weighted by atomic mass is 16.5. The molecule has 0 radical (unpaired) electrons. The Hall–Kier alpha value is -4.00. The fourth-order valence-electron chi connectivity index (χ4n) is 3.03. The van der Waals surface area contributed by atoms with E-state index in [2.05, 4.69) is 10.6 Å². The zero-order valence-corrected chi connectivity index (χ0v) is 18.3. The van der Waals surface area contributed by atoms with Crippen LogP contribution in [0.15, 0.2) is 66.7 Å². The van der Waals surface area contributed by atoms with Crippen LogP contribution < -0.4 is 24.8 Å². The summed E-state index contributed by atoms with van der Waals surface area (Å²) >= 11 is 0. The molecule has 0 aliphatic carbocycles. The molecule has 0 aromatic heterocycles. The molecule has 32 heavy (non-hydrogen) atoms. The normalized spacial score (nSPS) is 10.2. The minimum atomic E-state index is -0.387. The maximum Gasteiger partial charge on any atom is 0.259 e. The number of ether oxygens (including phenoxy) is 3. The van der Waals surface area contributed by atoms with E-state index in [1.54, 1.807) is 60.7 Å². The molecule has 0 bridgehead atoms. The molecule has 0 atom stereocenters. The van der Waals surface area contributed by atoms with Gasteiger partial charge >= 0.3 is 0 Å². The Kier molecular flexibility index (Phi) is 7.70. The Morgan fingerprint density at radius 3 is 1.69 bits per heavy atom. The van der Waals surface area contributed by atoms with Crippen molar-refractivity contribution in [3.63, 3.8) is 0 Å². The molecule has 0 heterocycles. The molecule has 0 aliphatic heterocycles. The smallest absolute Gasteiger partial charge is 0.259 e. The first-order valence-electron chi connectivity index (χ1n) is 10.3. The molecule has 2 N–H and O–H groups in total. The molecular formula is C25H26N2O5. The molecule has 7 heteroatoms. The summed E-state index contributed by atoms with van der Waals surface area (Å²) in [6.45, 7) is 4.94. The first-order chi connectivity index (χ1) is 15.5. The van der Waals surface area contributed by atoms with Crippen LogP contribution in [0.5, 0.6) is 17.2 Å². The molecule has 3 aromatic carbocycles. The Labute approximate surface area is 187 Å². The van der Waals surface area contributed by atoms with Gasteiger partial charge in [-0.15, -0.1) is 0 Å².